The molecule has 8 heteroatoms. The molecule has 2 aromatic rings. The second-order valence-corrected chi connectivity index (χ2v) is 7.73. The standard InChI is InChI=1S/C22H27N5O3/c1-15-7-8-17(12-18(15)25-16(2)28)26-20(29)13-27-11-5-9-22(14-27,21(23)30)19-6-3-4-10-24-19/h3-4,6-8,10,12H,5,9,11,13-14H2,1-2H3,(H2,23,30)(H,25,28)(H,26,29)/t22-/m0/s1. The fraction of sp³-hybridized carbons (Fsp3) is 0.364. The number of aromatic nitrogens is 1. The Morgan fingerprint density at radius 3 is 2.67 bits per heavy atom. The molecule has 0 bridgehead atoms. The molecule has 0 aliphatic carbocycles. The highest BCUT2D eigenvalue weighted by Crippen LogP contribution is 2.32. The number of rotatable bonds is 6. The van der Waals surface area contributed by atoms with Crippen molar-refractivity contribution in [3.8, 4) is 0 Å². The third-order valence-corrected chi connectivity index (χ3v) is 5.40. The third kappa shape index (κ3) is 4.83. The van der Waals surface area contributed by atoms with Crippen LogP contribution in [0.3, 0.4) is 0 Å². The molecule has 4 N–H and O–H groups in total. The maximum Gasteiger partial charge on any atom is 0.238 e. The maximum absolute atomic E-state index is 12.6. The highest BCUT2D eigenvalue weighted by Gasteiger charge is 2.43. The Morgan fingerprint density at radius 1 is 1.20 bits per heavy atom. The molecule has 0 spiro atoms. The normalized spacial score (nSPS) is 19.1. The first kappa shape index (κ1) is 21.4. The molecule has 1 aromatic carbocycles. The van der Waals surface area contributed by atoms with Crippen LogP contribution >= 0.6 is 0 Å². The van der Waals surface area contributed by atoms with Gasteiger partial charge >= 0.3 is 0 Å². The van der Waals surface area contributed by atoms with Crippen LogP contribution in [0.4, 0.5) is 11.4 Å². The molecule has 1 aliphatic heterocycles. The number of piperidine rings is 1. The van der Waals surface area contributed by atoms with E-state index < -0.39 is 11.3 Å². The van der Waals surface area contributed by atoms with Gasteiger partial charge in [-0.05, 0) is 56.1 Å². The number of hydrogen-bond donors (Lipinski definition) is 3. The van der Waals surface area contributed by atoms with Crippen molar-refractivity contribution >= 4 is 29.1 Å². The van der Waals surface area contributed by atoms with Gasteiger partial charge in [-0.2, -0.15) is 0 Å². The van der Waals surface area contributed by atoms with Crippen LogP contribution in [0, 0.1) is 6.92 Å². The zero-order valence-corrected chi connectivity index (χ0v) is 17.3. The van der Waals surface area contributed by atoms with Crippen LogP contribution in [0.2, 0.25) is 0 Å². The van der Waals surface area contributed by atoms with E-state index in [4.69, 9.17) is 5.73 Å². The average Bonchev–Trinajstić information content (AvgIpc) is 2.70. The van der Waals surface area contributed by atoms with E-state index in [0.29, 0.717) is 36.6 Å². The second kappa shape index (κ2) is 9.04. The third-order valence-electron chi connectivity index (χ3n) is 5.40. The number of anilines is 2. The summed E-state index contributed by atoms with van der Waals surface area (Å²) in [5.41, 5.74) is 7.67. The summed E-state index contributed by atoms with van der Waals surface area (Å²) < 4.78 is 0. The SMILES string of the molecule is CC(=O)Nc1cc(NC(=O)CN2CCC[C@@](C(N)=O)(c3ccccn3)C2)ccc1C. The van der Waals surface area contributed by atoms with Gasteiger partial charge in [0.15, 0.2) is 0 Å². The Morgan fingerprint density at radius 2 is 2.00 bits per heavy atom. The fourth-order valence-electron chi connectivity index (χ4n) is 3.89. The Hall–Kier alpha value is -3.26. The molecular formula is C22H27N5O3. The largest absolute Gasteiger partial charge is 0.369 e. The first-order chi connectivity index (χ1) is 14.3. The highest BCUT2D eigenvalue weighted by molar-refractivity contribution is 5.95. The monoisotopic (exact) mass is 409 g/mol. The lowest BCUT2D eigenvalue weighted by Crippen LogP contribution is -2.55. The zero-order valence-electron chi connectivity index (χ0n) is 17.3. The molecule has 1 atom stereocenters. The summed E-state index contributed by atoms with van der Waals surface area (Å²) >= 11 is 0. The van der Waals surface area contributed by atoms with E-state index in [1.165, 1.54) is 6.92 Å². The lowest BCUT2D eigenvalue weighted by molar-refractivity contribution is -0.127. The summed E-state index contributed by atoms with van der Waals surface area (Å²) in [5, 5.41) is 5.61. The van der Waals surface area contributed by atoms with E-state index in [9.17, 15) is 14.4 Å². The van der Waals surface area contributed by atoms with Gasteiger partial charge in [-0.15, -0.1) is 0 Å². The molecular weight excluding hydrogens is 382 g/mol. The smallest absolute Gasteiger partial charge is 0.238 e. The Bertz CT molecular complexity index is 947. The topological polar surface area (TPSA) is 117 Å². The number of nitrogens with two attached hydrogens (primary N) is 1. The minimum atomic E-state index is -0.901. The van der Waals surface area contributed by atoms with Crippen LogP contribution < -0.4 is 16.4 Å². The first-order valence-electron chi connectivity index (χ1n) is 9.92. The Kier molecular flexibility index (Phi) is 6.47. The van der Waals surface area contributed by atoms with Crippen molar-refractivity contribution in [2.24, 2.45) is 5.73 Å². The number of carbonyl (C=O) groups excluding carboxylic acids is 3. The number of likely N-dealkylation sites (tertiary alicyclic amines) is 1. The van der Waals surface area contributed by atoms with Crippen molar-refractivity contribution in [2.75, 3.05) is 30.3 Å². The van der Waals surface area contributed by atoms with Gasteiger partial charge in [0.2, 0.25) is 17.7 Å². The van der Waals surface area contributed by atoms with Crippen molar-refractivity contribution in [2.45, 2.75) is 32.1 Å². The highest BCUT2D eigenvalue weighted by atomic mass is 16.2. The molecule has 3 amide bonds. The van der Waals surface area contributed by atoms with Crippen LogP contribution in [-0.2, 0) is 19.8 Å². The molecule has 1 fully saturated rings. The zero-order chi connectivity index (χ0) is 21.7. The summed E-state index contributed by atoms with van der Waals surface area (Å²) in [6, 6.07) is 10.8. The van der Waals surface area contributed by atoms with Crippen molar-refractivity contribution in [1.29, 1.82) is 0 Å². The van der Waals surface area contributed by atoms with Crippen LogP contribution in [-0.4, -0.2) is 47.2 Å². The van der Waals surface area contributed by atoms with Gasteiger partial charge < -0.3 is 16.4 Å². The van der Waals surface area contributed by atoms with Crippen molar-refractivity contribution in [3.63, 3.8) is 0 Å². The summed E-state index contributed by atoms with van der Waals surface area (Å²) in [5.74, 6) is -0.800. The van der Waals surface area contributed by atoms with Crippen LogP contribution in [0.15, 0.2) is 42.6 Å². The molecule has 0 radical (unpaired) electrons. The second-order valence-electron chi connectivity index (χ2n) is 7.73. The molecule has 0 unspecified atom stereocenters. The summed E-state index contributed by atoms with van der Waals surface area (Å²) in [7, 11) is 0. The number of pyridine rings is 1. The lowest BCUT2D eigenvalue weighted by Gasteiger charge is -2.40. The predicted molar refractivity (Wildman–Crippen MR) is 115 cm³/mol. The first-order valence-corrected chi connectivity index (χ1v) is 9.92. The van der Waals surface area contributed by atoms with Gasteiger partial charge in [0.05, 0.1) is 12.2 Å². The molecule has 2 heterocycles. The number of amides is 3. The van der Waals surface area contributed by atoms with E-state index in [1.54, 1.807) is 24.4 Å². The minimum absolute atomic E-state index is 0.130. The number of hydrogen-bond acceptors (Lipinski definition) is 5. The number of carbonyl (C=O) groups is 3. The van der Waals surface area contributed by atoms with Crippen LogP contribution in [0.25, 0.3) is 0 Å². The van der Waals surface area contributed by atoms with Gasteiger partial charge in [0.1, 0.15) is 5.41 Å². The molecule has 158 valence electrons. The minimum Gasteiger partial charge on any atom is -0.369 e. The number of nitrogens with zero attached hydrogens (tertiary/aromatic N) is 2. The van der Waals surface area contributed by atoms with Crippen molar-refractivity contribution in [3.05, 3.63) is 53.9 Å². The van der Waals surface area contributed by atoms with Crippen molar-refractivity contribution in [1.82, 2.24) is 9.88 Å². The average molecular weight is 409 g/mol. The number of aryl methyl sites for hydroxylation is 1. The van der Waals surface area contributed by atoms with Gasteiger partial charge in [-0.3, -0.25) is 24.3 Å². The van der Waals surface area contributed by atoms with E-state index in [1.807, 2.05) is 30.0 Å². The summed E-state index contributed by atoms with van der Waals surface area (Å²) in [4.78, 5) is 42.7. The van der Waals surface area contributed by atoms with Crippen LogP contribution in [0.5, 0.6) is 0 Å². The Balaban J connectivity index is 1.70. The number of benzene rings is 1. The molecule has 3 rings (SSSR count). The summed E-state index contributed by atoms with van der Waals surface area (Å²) in [6.45, 7) is 4.49. The Labute approximate surface area is 175 Å². The van der Waals surface area contributed by atoms with E-state index in [0.717, 1.165) is 12.0 Å². The van der Waals surface area contributed by atoms with Crippen LogP contribution in [0.1, 0.15) is 31.0 Å². The van der Waals surface area contributed by atoms with Gasteiger partial charge in [-0.1, -0.05) is 12.1 Å². The summed E-state index contributed by atoms with van der Waals surface area (Å²) in [6.07, 6.45) is 3.00. The lowest BCUT2D eigenvalue weighted by atomic mass is 9.76. The molecule has 1 saturated heterocycles. The molecule has 0 saturated carbocycles. The molecule has 8 nitrogen and oxygen atoms in total. The van der Waals surface area contributed by atoms with Gasteiger partial charge in [0, 0.05) is 31.0 Å². The van der Waals surface area contributed by atoms with E-state index in [-0.39, 0.29) is 18.4 Å². The van der Waals surface area contributed by atoms with Gasteiger partial charge in [0.25, 0.3) is 0 Å². The maximum atomic E-state index is 12.6. The van der Waals surface area contributed by atoms with Crippen molar-refractivity contribution < 1.29 is 14.4 Å². The molecule has 1 aliphatic rings. The predicted octanol–water partition coefficient (Wildman–Crippen LogP) is 1.81. The van der Waals surface area contributed by atoms with E-state index >= 15 is 0 Å². The van der Waals surface area contributed by atoms with E-state index in [2.05, 4.69) is 15.6 Å². The quantitative estimate of drug-likeness (QED) is 0.673. The molecule has 1 aromatic heterocycles. The number of primary amides is 1. The van der Waals surface area contributed by atoms with Gasteiger partial charge in [-0.25, -0.2) is 0 Å². The molecule has 30 heavy (non-hydrogen) atoms. The fourth-order valence-corrected chi connectivity index (χ4v) is 3.89. The number of nitrogens with one attached hydrogen (secondary N) is 2.